The highest BCUT2D eigenvalue weighted by Gasteiger charge is 2.33. The van der Waals surface area contributed by atoms with E-state index in [2.05, 4.69) is 26.1 Å². The molecule has 2 aromatic rings. The first-order valence-electron chi connectivity index (χ1n) is 11.1. The summed E-state index contributed by atoms with van der Waals surface area (Å²) < 4.78 is 10.8. The summed E-state index contributed by atoms with van der Waals surface area (Å²) in [6.45, 7) is 7.19. The highest BCUT2D eigenvalue weighted by Crippen LogP contribution is 2.32. The van der Waals surface area contributed by atoms with E-state index in [-0.39, 0.29) is 29.7 Å². The first-order chi connectivity index (χ1) is 15.2. The van der Waals surface area contributed by atoms with Crippen molar-refractivity contribution >= 4 is 11.8 Å². The molecule has 0 atom stereocenters. The number of rotatable bonds is 9. The van der Waals surface area contributed by atoms with Gasteiger partial charge in [-0.2, -0.15) is 0 Å². The predicted octanol–water partition coefficient (Wildman–Crippen LogP) is 4.31. The lowest BCUT2D eigenvalue weighted by atomic mass is 9.87. The van der Waals surface area contributed by atoms with Crippen molar-refractivity contribution in [3.05, 3.63) is 59.2 Å². The van der Waals surface area contributed by atoms with Crippen molar-refractivity contribution in [1.29, 1.82) is 0 Å². The summed E-state index contributed by atoms with van der Waals surface area (Å²) >= 11 is 0. The van der Waals surface area contributed by atoms with Crippen LogP contribution in [0.25, 0.3) is 0 Å². The molecule has 0 spiro atoms. The number of nitrogens with zero attached hydrogens (tertiary/aromatic N) is 1. The quantitative estimate of drug-likeness (QED) is 0.633. The third-order valence-corrected chi connectivity index (χ3v) is 5.77. The Morgan fingerprint density at radius 2 is 1.72 bits per heavy atom. The third-order valence-electron chi connectivity index (χ3n) is 5.77. The monoisotopic (exact) mass is 438 g/mol. The Balaban J connectivity index is 1.57. The summed E-state index contributed by atoms with van der Waals surface area (Å²) in [7, 11) is 3.24. The third kappa shape index (κ3) is 6.02. The number of benzene rings is 2. The van der Waals surface area contributed by atoms with Crippen molar-refractivity contribution in [2.75, 3.05) is 20.8 Å². The van der Waals surface area contributed by atoms with Crippen LogP contribution in [-0.2, 0) is 16.8 Å². The summed E-state index contributed by atoms with van der Waals surface area (Å²) in [6.07, 6.45) is 2.27. The van der Waals surface area contributed by atoms with Crippen molar-refractivity contribution < 1.29 is 19.1 Å². The van der Waals surface area contributed by atoms with Gasteiger partial charge in [-0.15, -0.1) is 0 Å². The van der Waals surface area contributed by atoms with Crippen LogP contribution < -0.4 is 14.8 Å². The molecule has 6 heteroatoms. The van der Waals surface area contributed by atoms with Gasteiger partial charge in [-0.25, -0.2) is 0 Å². The van der Waals surface area contributed by atoms with Crippen LogP contribution in [0.4, 0.5) is 0 Å². The van der Waals surface area contributed by atoms with Crippen molar-refractivity contribution in [3.8, 4) is 11.5 Å². The second-order valence-corrected chi connectivity index (χ2v) is 9.26. The molecule has 1 aliphatic carbocycles. The molecule has 1 N–H and O–H groups in total. The first-order valence-corrected chi connectivity index (χ1v) is 11.1. The van der Waals surface area contributed by atoms with E-state index in [1.165, 1.54) is 5.56 Å². The number of nitrogens with one attached hydrogen (secondary N) is 1. The second-order valence-electron chi connectivity index (χ2n) is 9.26. The van der Waals surface area contributed by atoms with E-state index in [1.54, 1.807) is 14.2 Å². The Kier molecular flexibility index (Phi) is 7.44. The minimum atomic E-state index is -0.161. The molecule has 0 radical (unpaired) electrons. The summed E-state index contributed by atoms with van der Waals surface area (Å²) in [4.78, 5) is 27.3. The smallest absolute Gasteiger partial charge is 0.251 e. The van der Waals surface area contributed by atoms with E-state index >= 15 is 0 Å². The standard InChI is InChI=1S/C26H34N2O4/c1-26(2,3)20-8-6-18(7-9-20)25(30)27-15-14-24(29)28(21-10-11-21)17-19-16-22(31-4)12-13-23(19)32-5/h6-9,12-13,16,21H,10-11,14-15,17H2,1-5H3,(H,27,30). The van der Waals surface area contributed by atoms with Crippen LogP contribution in [0.15, 0.2) is 42.5 Å². The molecule has 0 heterocycles. The average Bonchev–Trinajstić information content (AvgIpc) is 3.61. The van der Waals surface area contributed by atoms with Gasteiger partial charge in [-0.05, 0) is 54.2 Å². The average molecular weight is 439 g/mol. The number of hydrogen-bond donors (Lipinski definition) is 1. The fourth-order valence-corrected chi connectivity index (χ4v) is 3.65. The van der Waals surface area contributed by atoms with Crippen LogP contribution in [0, 0.1) is 0 Å². The number of carbonyl (C=O) groups excluding carboxylic acids is 2. The Bertz CT molecular complexity index is 943. The maximum absolute atomic E-state index is 13.0. The highest BCUT2D eigenvalue weighted by molar-refractivity contribution is 5.94. The van der Waals surface area contributed by atoms with Crippen LogP contribution in [0.3, 0.4) is 0 Å². The second kappa shape index (κ2) is 10.1. The minimum Gasteiger partial charge on any atom is -0.497 e. The molecule has 0 aromatic heterocycles. The highest BCUT2D eigenvalue weighted by atomic mass is 16.5. The number of methoxy groups -OCH3 is 2. The molecule has 1 aliphatic rings. The SMILES string of the molecule is COc1ccc(OC)c(CN(C(=O)CCNC(=O)c2ccc(C(C)(C)C)cc2)C2CC2)c1. The van der Waals surface area contributed by atoms with Gasteiger partial charge in [0.1, 0.15) is 11.5 Å². The predicted molar refractivity (Wildman–Crippen MR) is 125 cm³/mol. The first kappa shape index (κ1) is 23.6. The van der Waals surface area contributed by atoms with Gasteiger partial charge in [0.05, 0.1) is 14.2 Å². The van der Waals surface area contributed by atoms with Gasteiger partial charge in [0.2, 0.25) is 5.91 Å². The molecule has 2 aromatic carbocycles. The van der Waals surface area contributed by atoms with E-state index in [1.807, 2.05) is 47.4 Å². The fraction of sp³-hybridized carbons (Fsp3) is 0.462. The molecule has 0 bridgehead atoms. The Labute approximate surface area is 190 Å². The molecule has 0 aliphatic heterocycles. The van der Waals surface area contributed by atoms with E-state index in [4.69, 9.17) is 9.47 Å². The van der Waals surface area contributed by atoms with Crippen molar-refractivity contribution in [2.45, 2.75) is 58.0 Å². The van der Waals surface area contributed by atoms with Gasteiger partial charge >= 0.3 is 0 Å². The van der Waals surface area contributed by atoms with Gasteiger partial charge in [-0.1, -0.05) is 32.9 Å². The number of amides is 2. The van der Waals surface area contributed by atoms with Crippen LogP contribution in [0.5, 0.6) is 11.5 Å². The van der Waals surface area contributed by atoms with Crippen LogP contribution in [-0.4, -0.2) is 43.5 Å². The van der Waals surface area contributed by atoms with Gasteiger partial charge in [0, 0.05) is 36.7 Å². The van der Waals surface area contributed by atoms with E-state index in [0.29, 0.717) is 18.7 Å². The molecule has 0 saturated heterocycles. The Morgan fingerprint density at radius 3 is 2.28 bits per heavy atom. The molecule has 2 amide bonds. The van der Waals surface area contributed by atoms with Crippen LogP contribution in [0.2, 0.25) is 0 Å². The summed E-state index contributed by atoms with van der Waals surface area (Å²) in [5.74, 6) is 1.33. The van der Waals surface area contributed by atoms with E-state index in [9.17, 15) is 9.59 Å². The lowest BCUT2D eigenvalue weighted by Gasteiger charge is -2.24. The molecular weight excluding hydrogens is 404 g/mol. The number of carbonyl (C=O) groups is 2. The zero-order valence-corrected chi connectivity index (χ0v) is 19.7. The van der Waals surface area contributed by atoms with Gasteiger partial charge in [-0.3, -0.25) is 9.59 Å². The molecule has 1 fully saturated rings. The Hall–Kier alpha value is -3.02. The Morgan fingerprint density at radius 1 is 1.03 bits per heavy atom. The number of hydrogen-bond acceptors (Lipinski definition) is 4. The maximum Gasteiger partial charge on any atom is 0.251 e. The molecular formula is C26H34N2O4. The summed E-state index contributed by atoms with van der Waals surface area (Å²) in [5, 5.41) is 2.88. The lowest BCUT2D eigenvalue weighted by Crippen LogP contribution is -2.35. The largest absolute Gasteiger partial charge is 0.497 e. The zero-order chi connectivity index (χ0) is 23.3. The van der Waals surface area contributed by atoms with Crippen LogP contribution in [0.1, 0.15) is 61.5 Å². The molecule has 32 heavy (non-hydrogen) atoms. The zero-order valence-electron chi connectivity index (χ0n) is 19.7. The van der Waals surface area contributed by atoms with Crippen molar-refractivity contribution in [1.82, 2.24) is 10.2 Å². The van der Waals surface area contributed by atoms with Gasteiger partial charge < -0.3 is 19.7 Å². The molecule has 3 rings (SSSR count). The van der Waals surface area contributed by atoms with E-state index < -0.39 is 0 Å². The minimum absolute atomic E-state index is 0.0285. The number of ether oxygens (including phenoxy) is 2. The summed E-state index contributed by atoms with van der Waals surface area (Å²) in [5.41, 5.74) is 2.73. The summed E-state index contributed by atoms with van der Waals surface area (Å²) in [6, 6.07) is 13.5. The normalized spacial score (nSPS) is 13.4. The molecule has 1 saturated carbocycles. The van der Waals surface area contributed by atoms with E-state index in [0.717, 1.165) is 29.9 Å². The van der Waals surface area contributed by atoms with Crippen LogP contribution >= 0.6 is 0 Å². The molecule has 0 unspecified atom stereocenters. The van der Waals surface area contributed by atoms with Crippen molar-refractivity contribution in [2.24, 2.45) is 0 Å². The van der Waals surface area contributed by atoms with Gasteiger partial charge in [0.15, 0.2) is 0 Å². The lowest BCUT2D eigenvalue weighted by molar-refractivity contribution is -0.132. The molecule has 172 valence electrons. The van der Waals surface area contributed by atoms with Gasteiger partial charge in [0.25, 0.3) is 5.91 Å². The molecule has 6 nitrogen and oxygen atoms in total. The van der Waals surface area contributed by atoms with Crippen molar-refractivity contribution in [3.63, 3.8) is 0 Å². The maximum atomic E-state index is 13.0. The topological polar surface area (TPSA) is 67.9 Å². The fourth-order valence-electron chi connectivity index (χ4n) is 3.65.